The standard InChI is InChI=1S/C10H8N2O2/c11-8-5-7-3-1-2-4-9(7)10(6-8)12(13)14/h1-6H,11H2. The Bertz CT molecular complexity index is 508. The van der Waals surface area contributed by atoms with Gasteiger partial charge in [-0.25, -0.2) is 0 Å². The maximum Gasteiger partial charge on any atom is 0.279 e. The van der Waals surface area contributed by atoms with Gasteiger partial charge in [-0.3, -0.25) is 10.1 Å². The highest BCUT2D eigenvalue weighted by atomic mass is 16.6. The van der Waals surface area contributed by atoms with Crippen molar-refractivity contribution in [2.24, 2.45) is 0 Å². The van der Waals surface area contributed by atoms with Gasteiger partial charge in [0.1, 0.15) is 0 Å². The van der Waals surface area contributed by atoms with Crippen molar-refractivity contribution in [3.05, 3.63) is 46.5 Å². The van der Waals surface area contributed by atoms with Gasteiger partial charge < -0.3 is 5.73 Å². The summed E-state index contributed by atoms with van der Waals surface area (Å²) < 4.78 is 0. The number of fused-ring (bicyclic) bond motifs is 1. The first-order chi connectivity index (χ1) is 6.68. The Labute approximate surface area is 80.1 Å². The zero-order valence-electron chi connectivity index (χ0n) is 7.31. The van der Waals surface area contributed by atoms with E-state index in [0.717, 1.165) is 5.39 Å². The monoisotopic (exact) mass is 188 g/mol. The average molecular weight is 188 g/mol. The van der Waals surface area contributed by atoms with Gasteiger partial charge in [-0.1, -0.05) is 18.2 Å². The Morgan fingerprint density at radius 3 is 2.64 bits per heavy atom. The molecule has 0 fully saturated rings. The molecule has 14 heavy (non-hydrogen) atoms. The zero-order chi connectivity index (χ0) is 10.1. The van der Waals surface area contributed by atoms with Crippen molar-refractivity contribution in [2.45, 2.75) is 0 Å². The Kier molecular flexibility index (Phi) is 1.81. The van der Waals surface area contributed by atoms with Crippen LogP contribution in [0.4, 0.5) is 11.4 Å². The van der Waals surface area contributed by atoms with Gasteiger partial charge >= 0.3 is 0 Å². The van der Waals surface area contributed by atoms with E-state index in [9.17, 15) is 10.1 Å². The Morgan fingerprint density at radius 2 is 1.93 bits per heavy atom. The molecule has 4 heteroatoms. The second kappa shape index (κ2) is 2.99. The second-order valence-corrected chi connectivity index (χ2v) is 3.02. The van der Waals surface area contributed by atoms with Gasteiger partial charge in [-0.15, -0.1) is 0 Å². The molecule has 0 aliphatic rings. The van der Waals surface area contributed by atoms with Gasteiger partial charge in [0.05, 0.1) is 10.3 Å². The van der Waals surface area contributed by atoms with Crippen molar-refractivity contribution in [1.29, 1.82) is 0 Å². The van der Waals surface area contributed by atoms with Crippen molar-refractivity contribution in [3.63, 3.8) is 0 Å². The lowest BCUT2D eigenvalue weighted by Crippen LogP contribution is -1.92. The summed E-state index contributed by atoms with van der Waals surface area (Å²) >= 11 is 0. The third-order valence-corrected chi connectivity index (χ3v) is 2.06. The number of rotatable bonds is 1. The maximum atomic E-state index is 10.7. The molecule has 0 radical (unpaired) electrons. The molecule has 2 rings (SSSR count). The van der Waals surface area contributed by atoms with Gasteiger partial charge in [-0.2, -0.15) is 0 Å². The number of benzene rings is 2. The molecular weight excluding hydrogens is 180 g/mol. The van der Waals surface area contributed by atoms with Crippen molar-refractivity contribution in [2.75, 3.05) is 5.73 Å². The molecule has 2 N–H and O–H groups in total. The lowest BCUT2D eigenvalue weighted by molar-refractivity contribution is -0.383. The fourth-order valence-corrected chi connectivity index (χ4v) is 1.46. The van der Waals surface area contributed by atoms with Crippen LogP contribution in [0, 0.1) is 10.1 Å². The smallest absolute Gasteiger partial charge is 0.279 e. The first-order valence-electron chi connectivity index (χ1n) is 4.11. The highest BCUT2D eigenvalue weighted by Crippen LogP contribution is 2.27. The van der Waals surface area contributed by atoms with Crippen LogP contribution in [-0.4, -0.2) is 4.92 Å². The van der Waals surface area contributed by atoms with Crippen molar-refractivity contribution >= 4 is 22.1 Å². The van der Waals surface area contributed by atoms with E-state index < -0.39 is 4.92 Å². The number of nitrogen functional groups attached to an aromatic ring is 1. The molecule has 70 valence electrons. The van der Waals surface area contributed by atoms with Crippen LogP contribution in [0.25, 0.3) is 10.8 Å². The molecular formula is C10H8N2O2. The molecule has 0 saturated carbocycles. The molecule has 0 spiro atoms. The Morgan fingerprint density at radius 1 is 1.21 bits per heavy atom. The van der Waals surface area contributed by atoms with E-state index in [1.54, 1.807) is 24.3 Å². The van der Waals surface area contributed by atoms with E-state index in [-0.39, 0.29) is 5.69 Å². The van der Waals surface area contributed by atoms with Gasteiger partial charge in [0.15, 0.2) is 0 Å². The van der Waals surface area contributed by atoms with Crippen LogP contribution in [-0.2, 0) is 0 Å². The van der Waals surface area contributed by atoms with E-state index in [2.05, 4.69) is 0 Å². The SMILES string of the molecule is Nc1cc([N+](=O)[O-])c2ccccc2c1. The molecule has 0 atom stereocenters. The maximum absolute atomic E-state index is 10.7. The van der Waals surface area contributed by atoms with Crippen LogP contribution >= 0.6 is 0 Å². The van der Waals surface area contributed by atoms with E-state index >= 15 is 0 Å². The third-order valence-electron chi connectivity index (χ3n) is 2.06. The lowest BCUT2D eigenvalue weighted by Gasteiger charge is -2.00. The predicted octanol–water partition coefficient (Wildman–Crippen LogP) is 2.33. The molecule has 0 aliphatic carbocycles. The molecule has 0 aromatic heterocycles. The molecule has 0 aliphatic heterocycles. The third kappa shape index (κ3) is 1.26. The van der Waals surface area contributed by atoms with E-state index in [4.69, 9.17) is 5.73 Å². The van der Waals surface area contributed by atoms with Crippen molar-refractivity contribution < 1.29 is 4.92 Å². The molecule has 0 saturated heterocycles. The number of anilines is 1. The number of nitrogens with zero attached hydrogens (tertiary/aromatic N) is 1. The molecule has 0 amide bonds. The minimum atomic E-state index is -0.418. The number of hydrogen-bond acceptors (Lipinski definition) is 3. The normalized spacial score (nSPS) is 10.3. The summed E-state index contributed by atoms with van der Waals surface area (Å²) in [6.45, 7) is 0. The van der Waals surface area contributed by atoms with Gasteiger partial charge in [-0.05, 0) is 17.5 Å². The summed E-state index contributed by atoms with van der Waals surface area (Å²) in [6.07, 6.45) is 0. The summed E-state index contributed by atoms with van der Waals surface area (Å²) in [5.74, 6) is 0. The minimum Gasteiger partial charge on any atom is -0.399 e. The van der Waals surface area contributed by atoms with E-state index in [0.29, 0.717) is 11.1 Å². The quantitative estimate of drug-likeness (QED) is 0.424. The van der Waals surface area contributed by atoms with Crippen LogP contribution in [0.2, 0.25) is 0 Å². The molecule has 0 bridgehead atoms. The number of hydrogen-bond donors (Lipinski definition) is 1. The highest BCUT2D eigenvalue weighted by Gasteiger charge is 2.11. The van der Waals surface area contributed by atoms with Crippen LogP contribution < -0.4 is 5.73 Å². The van der Waals surface area contributed by atoms with Gasteiger partial charge in [0.25, 0.3) is 5.69 Å². The van der Waals surface area contributed by atoms with Crippen LogP contribution in [0.1, 0.15) is 0 Å². The molecule has 2 aromatic rings. The molecule has 0 unspecified atom stereocenters. The fraction of sp³-hybridized carbons (Fsp3) is 0. The molecule has 2 aromatic carbocycles. The second-order valence-electron chi connectivity index (χ2n) is 3.02. The topological polar surface area (TPSA) is 69.2 Å². The van der Waals surface area contributed by atoms with Crippen molar-refractivity contribution in [1.82, 2.24) is 0 Å². The summed E-state index contributed by atoms with van der Waals surface area (Å²) in [5.41, 5.74) is 6.03. The van der Waals surface area contributed by atoms with Crippen LogP contribution in [0.15, 0.2) is 36.4 Å². The highest BCUT2D eigenvalue weighted by molar-refractivity contribution is 5.93. The number of nitrogens with two attached hydrogens (primary N) is 1. The largest absolute Gasteiger partial charge is 0.399 e. The summed E-state index contributed by atoms with van der Waals surface area (Å²) in [7, 11) is 0. The number of nitro groups is 1. The summed E-state index contributed by atoms with van der Waals surface area (Å²) in [4.78, 5) is 10.3. The number of non-ortho nitro benzene ring substituents is 1. The fourth-order valence-electron chi connectivity index (χ4n) is 1.46. The zero-order valence-corrected chi connectivity index (χ0v) is 7.31. The molecule has 0 heterocycles. The number of nitro benzene ring substituents is 1. The first-order valence-corrected chi connectivity index (χ1v) is 4.11. The van der Waals surface area contributed by atoms with E-state index in [1.165, 1.54) is 6.07 Å². The summed E-state index contributed by atoms with van der Waals surface area (Å²) in [6, 6.07) is 10.2. The first kappa shape index (κ1) is 8.50. The van der Waals surface area contributed by atoms with Gasteiger partial charge in [0, 0.05) is 11.8 Å². The van der Waals surface area contributed by atoms with Crippen LogP contribution in [0.3, 0.4) is 0 Å². The van der Waals surface area contributed by atoms with Gasteiger partial charge in [0.2, 0.25) is 0 Å². The Balaban J connectivity index is 2.87. The molecule has 4 nitrogen and oxygen atoms in total. The summed E-state index contributed by atoms with van der Waals surface area (Å²) in [5, 5.41) is 12.1. The average Bonchev–Trinajstić information content (AvgIpc) is 2.16. The Hall–Kier alpha value is -2.10. The minimum absolute atomic E-state index is 0.0561. The lowest BCUT2D eigenvalue weighted by atomic mass is 10.1. The predicted molar refractivity (Wildman–Crippen MR) is 55.0 cm³/mol. The van der Waals surface area contributed by atoms with E-state index in [1.807, 2.05) is 6.07 Å². The van der Waals surface area contributed by atoms with Crippen molar-refractivity contribution in [3.8, 4) is 0 Å². The van der Waals surface area contributed by atoms with Crippen LogP contribution in [0.5, 0.6) is 0 Å².